The van der Waals surface area contributed by atoms with Crippen LogP contribution in [0.5, 0.6) is 0 Å². The van der Waals surface area contributed by atoms with E-state index < -0.39 is 10.8 Å². The predicted octanol–water partition coefficient (Wildman–Crippen LogP) is 0.721. The van der Waals surface area contributed by atoms with Crippen molar-refractivity contribution in [1.29, 1.82) is 0 Å². The van der Waals surface area contributed by atoms with E-state index in [1.807, 2.05) is 0 Å². The summed E-state index contributed by atoms with van der Waals surface area (Å²) >= 11 is 1.11. The van der Waals surface area contributed by atoms with Gasteiger partial charge in [0.15, 0.2) is 0 Å². The molecule has 1 heterocycles. The van der Waals surface area contributed by atoms with Gasteiger partial charge in [0.1, 0.15) is 5.01 Å². The van der Waals surface area contributed by atoms with E-state index in [2.05, 4.69) is 20.7 Å². The molecule has 21 heavy (non-hydrogen) atoms. The van der Waals surface area contributed by atoms with Crippen LogP contribution in [0.4, 0.5) is 10.8 Å². The summed E-state index contributed by atoms with van der Waals surface area (Å²) < 4.78 is 0. The van der Waals surface area contributed by atoms with Crippen LogP contribution in [0.2, 0.25) is 0 Å². The molecular formula is C11H10N6O3S. The van der Waals surface area contributed by atoms with Crippen molar-refractivity contribution in [2.24, 2.45) is 5.10 Å². The summed E-state index contributed by atoms with van der Waals surface area (Å²) in [6.07, 6.45) is 1.20. The number of nitro benzene ring substituents is 1. The Morgan fingerprint density at radius 2 is 2.24 bits per heavy atom. The summed E-state index contributed by atoms with van der Waals surface area (Å²) in [7, 11) is 0. The van der Waals surface area contributed by atoms with Gasteiger partial charge in [0, 0.05) is 6.07 Å². The number of carbonyl (C=O) groups excluding carboxylic acids is 1. The number of aromatic nitrogens is 2. The van der Waals surface area contributed by atoms with Crippen LogP contribution in [0.15, 0.2) is 29.4 Å². The van der Waals surface area contributed by atoms with Crippen molar-refractivity contribution < 1.29 is 9.72 Å². The molecule has 0 aliphatic heterocycles. The highest BCUT2D eigenvalue weighted by Crippen LogP contribution is 2.15. The molecule has 0 radical (unpaired) electrons. The van der Waals surface area contributed by atoms with Crippen LogP contribution in [0, 0.1) is 10.1 Å². The minimum Gasteiger partial charge on any atom is -0.374 e. The lowest BCUT2D eigenvalue weighted by Crippen LogP contribution is -2.19. The van der Waals surface area contributed by atoms with E-state index in [9.17, 15) is 14.9 Å². The van der Waals surface area contributed by atoms with Crippen molar-refractivity contribution in [3.63, 3.8) is 0 Å². The fourth-order valence-electron chi connectivity index (χ4n) is 1.45. The van der Waals surface area contributed by atoms with Gasteiger partial charge >= 0.3 is 0 Å². The number of rotatable bonds is 5. The normalized spacial score (nSPS) is 10.7. The van der Waals surface area contributed by atoms with Crippen LogP contribution < -0.4 is 11.2 Å². The van der Waals surface area contributed by atoms with Gasteiger partial charge in [-0.2, -0.15) is 5.10 Å². The molecule has 0 saturated carbocycles. The van der Waals surface area contributed by atoms with Crippen molar-refractivity contribution in [2.45, 2.75) is 6.42 Å². The zero-order valence-electron chi connectivity index (χ0n) is 10.6. The molecule has 2 rings (SSSR count). The maximum atomic E-state index is 11.6. The van der Waals surface area contributed by atoms with E-state index in [1.54, 1.807) is 12.1 Å². The van der Waals surface area contributed by atoms with E-state index in [0.29, 0.717) is 10.6 Å². The second-order valence-electron chi connectivity index (χ2n) is 3.82. The lowest BCUT2D eigenvalue weighted by molar-refractivity contribution is -0.385. The van der Waals surface area contributed by atoms with Crippen molar-refractivity contribution in [1.82, 2.24) is 15.6 Å². The third-order valence-corrected chi connectivity index (χ3v) is 3.07. The SMILES string of the molecule is Nc1nnc(CC(=O)N/N=C/c2ccccc2[N+](=O)[O-])s1. The molecule has 108 valence electrons. The van der Waals surface area contributed by atoms with Crippen molar-refractivity contribution in [3.8, 4) is 0 Å². The summed E-state index contributed by atoms with van der Waals surface area (Å²) in [6, 6.07) is 6.07. The number of nitro groups is 1. The first kappa shape index (κ1) is 14.5. The van der Waals surface area contributed by atoms with E-state index in [0.717, 1.165) is 11.3 Å². The molecule has 0 bridgehead atoms. The van der Waals surface area contributed by atoms with Gasteiger partial charge in [0.25, 0.3) is 5.69 Å². The summed E-state index contributed by atoms with van der Waals surface area (Å²) in [5.74, 6) is -0.416. The Kier molecular flexibility index (Phi) is 4.51. The van der Waals surface area contributed by atoms with Gasteiger partial charge in [-0.3, -0.25) is 14.9 Å². The fraction of sp³-hybridized carbons (Fsp3) is 0.0909. The van der Waals surface area contributed by atoms with Crippen molar-refractivity contribution >= 4 is 34.3 Å². The number of anilines is 1. The lowest BCUT2D eigenvalue weighted by atomic mass is 10.2. The van der Waals surface area contributed by atoms with E-state index in [4.69, 9.17) is 5.73 Å². The minimum absolute atomic E-state index is 0.0108. The third kappa shape index (κ3) is 4.04. The average molecular weight is 306 g/mol. The van der Waals surface area contributed by atoms with Crippen molar-refractivity contribution in [3.05, 3.63) is 45.0 Å². The van der Waals surface area contributed by atoms with Crippen LogP contribution in [-0.4, -0.2) is 27.2 Å². The number of nitrogens with one attached hydrogen (secondary N) is 1. The monoisotopic (exact) mass is 306 g/mol. The Hall–Kier alpha value is -2.88. The first-order valence-corrected chi connectivity index (χ1v) is 6.51. The van der Waals surface area contributed by atoms with Gasteiger partial charge in [-0.25, -0.2) is 5.43 Å². The maximum Gasteiger partial charge on any atom is 0.278 e. The molecule has 0 atom stereocenters. The number of nitrogen functional groups attached to an aromatic ring is 1. The molecule has 1 aromatic heterocycles. The molecular weight excluding hydrogens is 296 g/mol. The Morgan fingerprint density at radius 1 is 1.48 bits per heavy atom. The summed E-state index contributed by atoms with van der Waals surface area (Å²) in [5, 5.41) is 22.5. The number of para-hydroxylation sites is 1. The topological polar surface area (TPSA) is 136 Å². The van der Waals surface area contributed by atoms with E-state index in [-0.39, 0.29) is 17.2 Å². The number of nitrogens with two attached hydrogens (primary N) is 1. The number of carbonyl (C=O) groups is 1. The zero-order valence-corrected chi connectivity index (χ0v) is 11.4. The molecule has 2 aromatic rings. The van der Waals surface area contributed by atoms with Gasteiger partial charge in [-0.05, 0) is 6.07 Å². The van der Waals surface area contributed by atoms with Crippen LogP contribution in [0.25, 0.3) is 0 Å². The molecule has 0 fully saturated rings. The number of amides is 1. The first-order chi connectivity index (χ1) is 10.1. The molecule has 3 N–H and O–H groups in total. The molecule has 0 saturated heterocycles. The molecule has 10 heteroatoms. The molecule has 0 aliphatic rings. The highest BCUT2D eigenvalue weighted by molar-refractivity contribution is 7.15. The Labute approximate surface area is 122 Å². The number of hydrazone groups is 1. The highest BCUT2D eigenvalue weighted by Gasteiger charge is 2.10. The van der Waals surface area contributed by atoms with Crippen LogP contribution in [-0.2, 0) is 11.2 Å². The van der Waals surface area contributed by atoms with E-state index in [1.165, 1.54) is 18.3 Å². The van der Waals surface area contributed by atoms with Crippen LogP contribution in [0.3, 0.4) is 0 Å². The maximum absolute atomic E-state index is 11.6. The summed E-state index contributed by atoms with van der Waals surface area (Å²) in [5.41, 5.74) is 7.86. The van der Waals surface area contributed by atoms with Gasteiger partial charge in [-0.1, -0.05) is 23.5 Å². The zero-order chi connectivity index (χ0) is 15.2. The first-order valence-electron chi connectivity index (χ1n) is 5.69. The number of hydrogen-bond donors (Lipinski definition) is 2. The van der Waals surface area contributed by atoms with Crippen molar-refractivity contribution in [2.75, 3.05) is 5.73 Å². The van der Waals surface area contributed by atoms with Gasteiger partial charge in [0.2, 0.25) is 11.0 Å². The Balaban J connectivity index is 1.96. The standard InChI is InChI=1S/C11H10N6O3S/c12-11-16-15-10(21-11)5-9(18)14-13-6-7-3-1-2-4-8(7)17(19)20/h1-4,6H,5H2,(H2,12,16)(H,14,18)/b13-6+. The largest absolute Gasteiger partial charge is 0.374 e. The molecule has 1 amide bonds. The Morgan fingerprint density at radius 3 is 2.90 bits per heavy atom. The number of hydrogen-bond acceptors (Lipinski definition) is 8. The van der Waals surface area contributed by atoms with Gasteiger partial charge in [0.05, 0.1) is 23.1 Å². The summed E-state index contributed by atoms with van der Waals surface area (Å²) in [4.78, 5) is 21.8. The minimum atomic E-state index is -0.521. The second kappa shape index (κ2) is 6.52. The molecule has 9 nitrogen and oxygen atoms in total. The van der Waals surface area contributed by atoms with Gasteiger partial charge in [-0.15, -0.1) is 10.2 Å². The average Bonchev–Trinajstić information content (AvgIpc) is 2.84. The third-order valence-electron chi connectivity index (χ3n) is 2.32. The van der Waals surface area contributed by atoms with E-state index >= 15 is 0 Å². The fourth-order valence-corrected chi connectivity index (χ4v) is 2.06. The predicted molar refractivity (Wildman–Crippen MR) is 76.9 cm³/mol. The lowest BCUT2D eigenvalue weighted by Gasteiger charge is -1.97. The highest BCUT2D eigenvalue weighted by atomic mass is 32.1. The van der Waals surface area contributed by atoms with Crippen LogP contribution >= 0.6 is 11.3 Å². The molecule has 0 aliphatic carbocycles. The van der Waals surface area contributed by atoms with Gasteiger partial charge < -0.3 is 5.73 Å². The molecule has 1 aromatic carbocycles. The van der Waals surface area contributed by atoms with Crippen LogP contribution in [0.1, 0.15) is 10.6 Å². The number of nitrogens with zero attached hydrogens (tertiary/aromatic N) is 4. The quantitative estimate of drug-likeness (QED) is 0.474. The number of benzene rings is 1. The second-order valence-corrected chi connectivity index (χ2v) is 4.91. The molecule has 0 unspecified atom stereocenters. The Bertz CT molecular complexity index is 699. The molecule has 0 spiro atoms. The smallest absolute Gasteiger partial charge is 0.278 e. The summed E-state index contributed by atoms with van der Waals surface area (Å²) in [6.45, 7) is 0.